The van der Waals surface area contributed by atoms with Crippen LogP contribution in [-0.4, -0.2) is 55.3 Å². The molecule has 2 heterocycles. The molecular weight excluding hydrogens is 256 g/mol. The molecule has 0 radical (unpaired) electrons. The molecule has 5 nitrogen and oxygen atoms in total. The van der Waals surface area contributed by atoms with Crippen molar-refractivity contribution >= 4 is 5.97 Å². The number of morpholine rings is 1. The highest BCUT2D eigenvalue weighted by Gasteiger charge is 2.12. The smallest absolute Gasteiger partial charge is 0.339 e. The van der Waals surface area contributed by atoms with Crippen LogP contribution in [0.3, 0.4) is 0 Å². The molecule has 0 bridgehead atoms. The largest absolute Gasteiger partial charge is 0.461 e. The molecule has 0 aromatic carbocycles. The molecule has 1 aliphatic heterocycles. The van der Waals surface area contributed by atoms with Crippen LogP contribution in [0.5, 0.6) is 0 Å². The lowest BCUT2D eigenvalue weighted by Gasteiger charge is -2.26. The number of pyridine rings is 1. The van der Waals surface area contributed by atoms with Crippen LogP contribution >= 0.6 is 0 Å². The molecule has 20 heavy (non-hydrogen) atoms. The molecule has 5 heteroatoms. The number of esters is 1. The SMILES string of the molecule is CC(C)c1ccc(C(=O)OCCN2CCOCC2)cn1. The number of aromatic nitrogens is 1. The van der Waals surface area contributed by atoms with Crippen LogP contribution in [0.15, 0.2) is 18.3 Å². The molecule has 1 saturated heterocycles. The minimum absolute atomic E-state index is 0.305. The maximum atomic E-state index is 11.9. The van der Waals surface area contributed by atoms with Crippen molar-refractivity contribution in [3.63, 3.8) is 0 Å². The summed E-state index contributed by atoms with van der Waals surface area (Å²) in [5.74, 6) is 0.0578. The minimum Gasteiger partial charge on any atom is -0.461 e. The summed E-state index contributed by atoms with van der Waals surface area (Å²) in [6, 6.07) is 3.66. The molecule has 2 rings (SSSR count). The van der Waals surface area contributed by atoms with Crippen molar-refractivity contribution in [3.05, 3.63) is 29.6 Å². The van der Waals surface area contributed by atoms with E-state index in [1.54, 1.807) is 12.3 Å². The summed E-state index contributed by atoms with van der Waals surface area (Å²) in [6.45, 7) is 8.64. The second-order valence-electron chi connectivity index (χ2n) is 5.22. The highest BCUT2D eigenvalue weighted by molar-refractivity contribution is 5.88. The Hall–Kier alpha value is -1.46. The van der Waals surface area contributed by atoms with Gasteiger partial charge in [0.1, 0.15) is 6.61 Å². The van der Waals surface area contributed by atoms with Gasteiger partial charge in [-0.2, -0.15) is 0 Å². The minimum atomic E-state index is -0.305. The van der Waals surface area contributed by atoms with Crippen molar-refractivity contribution < 1.29 is 14.3 Å². The highest BCUT2D eigenvalue weighted by atomic mass is 16.5. The third-order valence-corrected chi connectivity index (χ3v) is 3.36. The number of carbonyl (C=O) groups excluding carboxylic acids is 1. The summed E-state index contributed by atoms with van der Waals surface area (Å²) in [6.07, 6.45) is 1.59. The van der Waals surface area contributed by atoms with Gasteiger partial charge in [-0.3, -0.25) is 9.88 Å². The molecule has 0 amide bonds. The Morgan fingerprint density at radius 2 is 2.15 bits per heavy atom. The number of ether oxygens (including phenoxy) is 2. The van der Waals surface area contributed by atoms with Crippen LogP contribution in [0, 0.1) is 0 Å². The topological polar surface area (TPSA) is 51.7 Å². The Labute approximate surface area is 119 Å². The number of nitrogens with zero attached hydrogens (tertiary/aromatic N) is 2. The van der Waals surface area contributed by atoms with Crippen LogP contribution in [-0.2, 0) is 9.47 Å². The second kappa shape index (κ2) is 7.36. The summed E-state index contributed by atoms with van der Waals surface area (Å²) in [5.41, 5.74) is 1.49. The molecule has 1 fully saturated rings. The van der Waals surface area contributed by atoms with Gasteiger partial charge in [0.05, 0.1) is 18.8 Å². The first-order chi connectivity index (χ1) is 9.66. The summed E-state index contributed by atoms with van der Waals surface area (Å²) in [5, 5.41) is 0. The van der Waals surface area contributed by atoms with E-state index in [4.69, 9.17) is 9.47 Å². The van der Waals surface area contributed by atoms with E-state index < -0.39 is 0 Å². The molecule has 0 atom stereocenters. The first kappa shape index (κ1) is 14.9. The lowest BCUT2D eigenvalue weighted by Crippen LogP contribution is -2.38. The second-order valence-corrected chi connectivity index (χ2v) is 5.22. The van der Waals surface area contributed by atoms with Gasteiger partial charge in [0, 0.05) is 31.5 Å². The Morgan fingerprint density at radius 3 is 2.75 bits per heavy atom. The van der Waals surface area contributed by atoms with E-state index in [0.29, 0.717) is 18.1 Å². The number of rotatable bonds is 5. The van der Waals surface area contributed by atoms with E-state index in [2.05, 4.69) is 23.7 Å². The fourth-order valence-corrected chi connectivity index (χ4v) is 2.04. The predicted octanol–water partition coefficient (Wildman–Crippen LogP) is 1.69. The average molecular weight is 278 g/mol. The van der Waals surface area contributed by atoms with Gasteiger partial charge >= 0.3 is 5.97 Å². The van der Waals surface area contributed by atoms with Crippen LogP contribution < -0.4 is 0 Å². The van der Waals surface area contributed by atoms with Gasteiger partial charge in [0.25, 0.3) is 0 Å². The van der Waals surface area contributed by atoms with Crippen molar-refractivity contribution in [2.45, 2.75) is 19.8 Å². The van der Waals surface area contributed by atoms with Crippen molar-refractivity contribution in [3.8, 4) is 0 Å². The third-order valence-electron chi connectivity index (χ3n) is 3.36. The summed E-state index contributed by atoms with van der Waals surface area (Å²) >= 11 is 0. The van der Waals surface area contributed by atoms with Crippen molar-refractivity contribution in [1.29, 1.82) is 0 Å². The van der Waals surface area contributed by atoms with Crippen molar-refractivity contribution in [2.24, 2.45) is 0 Å². The average Bonchev–Trinajstić information content (AvgIpc) is 2.48. The van der Waals surface area contributed by atoms with E-state index in [1.807, 2.05) is 6.07 Å². The van der Waals surface area contributed by atoms with E-state index >= 15 is 0 Å². The monoisotopic (exact) mass is 278 g/mol. The quantitative estimate of drug-likeness (QED) is 0.767. The van der Waals surface area contributed by atoms with Crippen molar-refractivity contribution in [1.82, 2.24) is 9.88 Å². The van der Waals surface area contributed by atoms with Gasteiger partial charge in [-0.25, -0.2) is 4.79 Å². The molecule has 1 aromatic heterocycles. The molecular formula is C15H22N2O3. The maximum Gasteiger partial charge on any atom is 0.339 e. The van der Waals surface area contributed by atoms with Crippen LogP contribution in [0.2, 0.25) is 0 Å². The molecule has 0 saturated carbocycles. The van der Waals surface area contributed by atoms with Gasteiger partial charge in [0.15, 0.2) is 0 Å². The van der Waals surface area contributed by atoms with Crippen molar-refractivity contribution in [2.75, 3.05) is 39.5 Å². The molecule has 0 N–H and O–H groups in total. The zero-order valence-corrected chi connectivity index (χ0v) is 12.2. The zero-order chi connectivity index (χ0) is 14.4. The van der Waals surface area contributed by atoms with Gasteiger partial charge < -0.3 is 9.47 Å². The van der Waals surface area contributed by atoms with Gasteiger partial charge in [-0.1, -0.05) is 13.8 Å². The molecule has 0 unspecified atom stereocenters. The fourth-order valence-electron chi connectivity index (χ4n) is 2.04. The van der Waals surface area contributed by atoms with E-state index in [1.165, 1.54) is 0 Å². The number of hydrogen-bond acceptors (Lipinski definition) is 5. The summed E-state index contributed by atoms with van der Waals surface area (Å²) in [4.78, 5) is 18.4. The first-order valence-corrected chi connectivity index (χ1v) is 7.10. The first-order valence-electron chi connectivity index (χ1n) is 7.10. The van der Waals surface area contributed by atoms with Crippen LogP contribution in [0.4, 0.5) is 0 Å². The van der Waals surface area contributed by atoms with E-state index in [-0.39, 0.29) is 5.97 Å². The molecule has 0 spiro atoms. The lowest BCUT2D eigenvalue weighted by atomic mass is 10.1. The Morgan fingerprint density at radius 1 is 1.40 bits per heavy atom. The van der Waals surface area contributed by atoms with Crippen LogP contribution in [0.25, 0.3) is 0 Å². The standard InChI is InChI=1S/C15H22N2O3/c1-12(2)14-4-3-13(11-16-14)15(18)20-10-7-17-5-8-19-9-6-17/h3-4,11-12H,5-10H2,1-2H3. The fraction of sp³-hybridized carbons (Fsp3) is 0.600. The Bertz CT molecular complexity index is 425. The Kier molecular flexibility index (Phi) is 5.49. The third kappa shape index (κ3) is 4.28. The normalized spacial score (nSPS) is 16.4. The zero-order valence-electron chi connectivity index (χ0n) is 12.2. The van der Waals surface area contributed by atoms with E-state index in [9.17, 15) is 4.79 Å². The molecule has 1 aromatic rings. The number of carbonyl (C=O) groups is 1. The van der Waals surface area contributed by atoms with Gasteiger partial charge in [-0.15, -0.1) is 0 Å². The molecule has 1 aliphatic rings. The molecule has 0 aliphatic carbocycles. The predicted molar refractivity (Wildman–Crippen MR) is 75.9 cm³/mol. The number of hydrogen-bond donors (Lipinski definition) is 0. The lowest BCUT2D eigenvalue weighted by molar-refractivity contribution is 0.0195. The summed E-state index contributed by atoms with van der Waals surface area (Å²) in [7, 11) is 0. The van der Waals surface area contributed by atoms with Gasteiger partial charge in [-0.05, 0) is 18.1 Å². The maximum absolute atomic E-state index is 11.9. The van der Waals surface area contributed by atoms with E-state index in [0.717, 1.165) is 38.5 Å². The van der Waals surface area contributed by atoms with Gasteiger partial charge in [0.2, 0.25) is 0 Å². The highest BCUT2D eigenvalue weighted by Crippen LogP contribution is 2.11. The Balaban J connectivity index is 1.76. The summed E-state index contributed by atoms with van der Waals surface area (Å²) < 4.78 is 10.5. The molecule has 110 valence electrons. The van der Waals surface area contributed by atoms with Crippen LogP contribution in [0.1, 0.15) is 35.8 Å².